The van der Waals surface area contributed by atoms with Gasteiger partial charge in [0.25, 0.3) is 5.56 Å². The normalized spacial score (nSPS) is 10.8. The third-order valence-electron chi connectivity index (χ3n) is 4.26. The van der Waals surface area contributed by atoms with Gasteiger partial charge in [0.15, 0.2) is 11.3 Å². The van der Waals surface area contributed by atoms with Crippen LogP contribution < -0.4 is 5.56 Å². The Kier molecular flexibility index (Phi) is 3.55. The summed E-state index contributed by atoms with van der Waals surface area (Å²) in [5.41, 5.74) is 1.70. The average Bonchev–Trinajstić information content (AvgIpc) is 3.06. The van der Waals surface area contributed by atoms with E-state index in [1.165, 1.54) is 6.07 Å². The summed E-state index contributed by atoms with van der Waals surface area (Å²) in [5, 5.41) is 19.4. The van der Waals surface area contributed by atoms with E-state index in [9.17, 15) is 14.3 Å². The van der Waals surface area contributed by atoms with Crippen molar-refractivity contribution in [3.8, 4) is 28.6 Å². The third kappa shape index (κ3) is 2.34. The first kappa shape index (κ1) is 15.7. The Bertz CT molecular complexity index is 1230. The van der Waals surface area contributed by atoms with Crippen molar-refractivity contribution in [3.63, 3.8) is 0 Å². The van der Waals surface area contributed by atoms with Crippen LogP contribution in [-0.4, -0.2) is 14.7 Å². The summed E-state index contributed by atoms with van der Waals surface area (Å²) >= 11 is 0. The van der Waals surface area contributed by atoms with Gasteiger partial charge in [-0.3, -0.25) is 4.79 Å². The molecule has 4 aromatic rings. The summed E-state index contributed by atoms with van der Waals surface area (Å²) in [7, 11) is 0. The van der Waals surface area contributed by atoms with Gasteiger partial charge in [0, 0.05) is 17.4 Å². The maximum atomic E-state index is 13.9. The van der Waals surface area contributed by atoms with Crippen molar-refractivity contribution in [1.29, 1.82) is 5.26 Å². The first-order chi connectivity index (χ1) is 12.6. The van der Waals surface area contributed by atoms with Crippen LogP contribution in [0.2, 0.25) is 0 Å². The van der Waals surface area contributed by atoms with E-state index < -0.39 is 5.56 Å². The highest BCUT2D eigenvalue weighted by atomic mass is 19.1. The van der Waals surface area contributed by atoms with Crippen molar-refractivity contribution in [3.05, 3.63) is 82.5 Å². The van der Waals surface area contributed by atoms with Gasteiger partial charge in [-0.25, -0.2) is 4.39 Å². The van der Waals surface area contributed by atoms with Crippen molar-refractivity contribution >= 4 is 11.0 Å². The minimum Gasteiger partial charge on any atom is -0.504 e. The highest BCUT2D eigenvalue weighted by Crippen LogP contribution is 2.29. The van der Waals surface area contributed by atoms with Gasteiger partial charge in [-0.15, -0.1) is 0 Å². The molecule has 0 atom stereocenters. The lowest BCUT2D eigenvalue weighted by atomic mass is 10.0. The Labute approximate surface area is 147 Å². The lowest BCUT2D eigenvalue weighted by Crippen LogP contribution is -2.10. The number of nitrogens with zero attached hydrogens (tertiary/aromatic N) is 2. The van der Waals surface area contributed by atoms with Crippen molar-refractivity contribution in [1.82, 2.24) is 9.55 Å². The maximum Gasteiger partial charge on any atom is 0.270 e. The monoisotopic (exact) mass is 345 g/mol. The molecule has 0 unspecified atom stereocenters. The Hall–Kier alpha value is -3.85. The summed E-state index contributed by atoms with van der Waals surface area (Å²) < 4.78 is 15.6. The molecule has 2 aromatic heterocycles. The summed E-state index contributed by atoms with van der Waals surface area (Å²) in [6.45, 7) is 0. The number of halogens is 1. The first-order valence-electron chi connectivity index (χ1n) is 7.82. The minimum atomic E-state index is -0.634. The number of fused-ring (bicyclic) bond motifs is 1. The number of nitrogens with one attached hydrogen (secondary N) is 1. The Morgan fingerprint density at radius 3 is 2.50 bits per heavy atom. The van der Waals surface area contributed by atoms with Gasteiger partial charge in [-0.1, -0.05) is 30.3 Å². The topological polar surface area (TPSA) is 81.8 Å². The largest absolute Gasteiger partial charge is 0.504 e. The molecule has 0 radical (unpaired) electrons. The number of hydrogen-bond acceptors (Lipinski definition) is 3. The average molecular weight is 345 g/mol. The number of hydrogen-bond donors (Lipinski definition) is 2. The van der Waals surface area contributed by atoms with Gasteiger partial charge in [0.2, 0.25) is 0 Å². The van der Waals surface area contributed by atoms with Gasteiger partial charge in [0.05, 0.1) is 5.52 Å². The van der Waals surface area contributed by atoms with E-state index in [0.717, 1.165) is 5.56 Å². The second-order valence-electron chi connectivity index (χ2n) is 5.76. The predicted octanol–water partition coefficient (Wildman–Crippen LogP) is 3.70. The lowest BCUT2D eigenvalue weighted by Gasteiger charge is -2.09. The molecule has 0 amide bonds. The van der Waals surface area contributed by atoms with E-state index in [0.29, 0.717) is 22.3 Å². The lowest BCUT2D eigenvalue weighted by molar-refractivity contribution is 0.476. The highest BCUT2D eigenvalue weighted by molar-refractivity contribution is 5.86. The van der Waals surface area contributed by atoms with Crippen LogP contribution in [0.5, 0.6) is 5.75 Å². The smallest absolute Gasteiger partial charge is 0.270 e. The van der Waals surface area contributed by atoms with E-state index in [4.69, 9.17) is 5.26 Å². The highest BCUT2D eigenvalue weighted by Gasteiger charge is 2.16. The molecule has 0 aliphatic heterocycles. The molecule has 2 aromatic carbocycles. The maximum absolute atomic E-state index is 13.9. The van der Waals surface area contributed by atoms with E-state index in [1.807, 2.05) is 0 Å². The fourth-order valence-electron chi connectivity index (χ4n) is 3.00. The van der Waals surface area contributed by atoms with Crippen LogP contribution in [-0.2, 0) is 0 Å². The SMILES string of the molecule is N#Cc1c(O)c2c(ccn2-c2ccc(-c3ccccc3F)cc2)[nH]c1=O. The van der Waals surface area contributed by atoms with E-state index in [2.05, 4.69) is 4.98 Å². The molecule has 2 N–H and O–H groups in total. The fourth-order valence-corrected chi connectivity index (χ4v) is 3.00. The molecule has 126 valence electrons. The van der Waals surface area contributed by atoms with E-state index in [-0.39, 0.29) is 17.1 Å². The van der Waals surface area contributed by atoms with Crippen LogP contribution in [0.3, 0.4) is 0 Å². The number of aromatic nitrogens is 2. The van der Waals surface area contributed by atoms with Gasteiger partial charge in [0.1, 0.15) is 17.4 Å². The molecule has 0 saturated heterocycles. The molecular weight excluding hydrogens is 333 g/mol. The van der Waals surface area contributed by atoms with E-state index in [1.54, 1.807) is 65.4 Å². The molecule has 0 aliphatic carbocycles. The molecule has 0 aliphatic rings. The molecule has 0 bridgehead atoms. The summed E-state index contributed by atoms with van der Waals surface area (Å²) in [6.07, 6.45) is 1.68. The van der Waals surface area contributed by atoms with Crippen LogP contribution >= 0.6 is 0 Å². The standard InChI is InChI=1S/C20H12FN3O2/c21-16-4-2-1-3-14(16)12-5-7-13(8-6-12)24-10-9-17-18(24)19(25)15(11-22)20(26)23-17/h1-10H,(H2,23,25,26). The van der Waals surface area contributed by atoms with E-state index >= 15 is 0 Å². The zero-order valence-electron chi connectivity index (χ0n) is 13.4. The quantitative estimate of drug-likeness (QED) is 0.581. The molecule has 0 saturated carbocycles. The molecule has 2 heterocycles. The Balaban J connectivity index is 1.86. The van der Waals surface area contributed by atoms with Gasteiger partial charge >= 0.3 is 0 Å². The number of H-pyrrole nitrogens is 1. The number of rotatable bonds is 2. The molecule has 6 heteroatoms. The number of pyridine rings is 1. The first-order valence-corrected chi connectivity index (χ1v) is 7.82. The van der Waals surface area contributed by atoms with Crippen molar-refractivity contribution in [2.75, 3.05) is 0 Å². The summed E-state index contributed by atoms with van der Waals surface area (Å²) in [6, 6.07) is 17.0. The second-order valence-corrected chi connectivity index (χ2v) is 5.76. The number of aromatic amines is 1. The zero-order valence-corrected chi connectivity index (χ0v) is 13.4. The third-order valence-corrected chi connectivity index (χ3v) is 4.26. The van der Waals surface area contributed by atoms with Crippen molar-refractivity contribution in [2.24, 2.45) is 0 Å². The molecule has 0 spiro atoms. The number of nitriles is 1. The van der Waals surface area contributed by atoms with Crippen molar-refractivity contribution < 1.29 is 9.50 Å². The van der Waals surface area contributed by atoms with Crippen LogP contribution in [0, 0.1) is 17.1 Å². The molecular formula is C20H12FN3O2. The summed E-state index contributed by atoms with van der Waals surface area (Å²) in [5.74, 6) is -0.671. The zero-order chi connectivity index (χ0) is 18.3. The van der Waals surface area contributed by atoms with Gasteiger partial charge in [-0.05, 0) is 29.8 Å². The number of benzene rings is 2. The van der Waals surface area contributed by atoms with Gasteiger partial charge in [-0.2, -0.15) is 5.26 Å². The van der Waals surface area contributed by atoms with Crippen LogP contribution in [0.15, 0.2) is 65.6 Å². The Morgan fingerprint density at radius 2 is 1.81 bits per heavy atom. The predicted molar refractivity (Wildman–Crippen MR) is 95.7 cm³/mol. The number of aromatic hydroxyl groups is 1. The Morgan fingerprint density at radius 1 is 1.08 bits per heavy atom. The van der Waals surface area contributed by atoms with Crippen molar-refractivity contribution in [2.45, 2.75) is 0 Å². The molecule has 26 heavy (non-hydrogen) atoms. The van der Waals surface area contributed by atoms with Gasteiger partial charge < -0.3 is 14.7 Å². The molecule has 5 nitrogen and oxygen atoms in total. The summed E-state index contributed by atoms with van der Waals surface area (Å²) in [4.78, 5) is 14.4. The fraction of sp³-hybridized carbons (Fsp3) is 0. The minimum absolute atomic E-state index is 0.305. The molecule has 0 fully saturated rings. The second kappa shape index (κ2) is 5.90. The molecule has 4 rings (SSSR count). The van der Waals surface area contributed by atoms with Crippen LogP contribution in [0.1, 0.15) is 5.56 Å². The van der Waals surface area contributed by atoms with Crippen LogP contribution in [0.4, 0.5) is 4.39 Å². The van der Waals surface area contributed by atoms with Crippen LogP contribution in [0.25, 0.3) is 27.8 Å².